The molecule has 0 fully saturated rings. The van der Waals surface area contributed by atoms with Gasteiger partial charge < -0.3 is 18.6 Å². The maximum atomic E-state index is 12.2. The number of carbonyl (C=O) groups is 2. The number of furan rings is 1. The van der Waals surface area contributed by atoms with Crippen LogP contribution in [0.4, 0.5) is 0 Å². The van der Waals surface area contributed by atoms with Crippen molar-refractivity contribution in [3.63, 3.8) is 0 Å². The second-order valence-electron chi connectivity index (χ2n) is 6.21. The van der Waals surface area contributed by atoms with E-state index in [0.717, 1.165) is 0 Å². The lowest BCUT2D eigenvalue weighted by Crippen LogP contribution is -2.08. The number of benzene rings is 2. The summed E-state index contributed by atoms with van der Waals surface area (Å²) in [6.45, 7) is 2.18. The van der Waals surface area contributed by atoms with E-state index in [1.165, 1.54) is 12.3 Å². The molecule has 1 aromatic heterocycles. The molecule has 7 heteroatoms. The second kappa shape index (κ2) is 8.48. The van der Waals surface area contributed by atoms with Crippen LogP contribution in [0.5, 0.6) is 11.5 Å². The predicted octanol–water partition coefficient (Wildman–Crippen LogP) is 4.24. The largest absolute Gasteiger partial charge is 0.490 e. The number of esters is 2. The summed E-state index contributed by atoms with van der Waals surface area (Å²) in [6, 6.07) is 17.2. The van der Waals surface area contributed by atoms with Gasteiger partial charge in [0.25, 0.3) is 0 Å². The Morgan fingerprint density at radius 3 is 2.63 bits per heavy atom. The summed E-state index contributed by atoms with van der Waals surface area (Å²) in [4.78, 5) is 28.6. The summed E-state index contributed by atoms with van der Waals surface area (Å²) in [5.41, 5.74) is 1.52. The van der Waals surface area contributed by atoms with Crippen molar-refractivity contribution in [2.45, 2.75) is 6.92 Å². The van der Waals surface area contributed by atoms with Crippen LogP contribution in [0.3, 0.4) is 0 Å². The summed E-state index contributed by atoms with van der Waals surface area (Å²) < 4.78 is 21.3. The zero-order chi connectivity index (χ0) is 20.9. The number of aliphatic imine (C=N–C) groups is 1. The van der Waals surface area contributed by atoms with Gasteiger partial charge in [0, 0.05) is 5.56 Å². The van der Waals surface area contributed by atoms with Gasteiger partial charge in [0.15, 0.2) is 17.2 Å². The zero-order valence-electron chi connectivity index (χ0n) is 16.0. The molecule has 7 nitrogen and oxygen atoms in total. The maximum Gasteiger partial charge on any atom is 0.379 e. The molecule has 0 bridgehead atoms. The Balaban J connectivity index is 1.60. The highest BCUT2D eigenvalue weighted by atomic mass is 16.6. The van der Waals surface area contributed by atoms with E-state index in [0.29, 0.717) is 23.5 Å². The number of carbonyl (C=O) groups excluding carboxylic acids is 2. The van der Waals surface area contributed by atoms with Gasteiger partial charge >= 0.3 is 11.9 Å². The van der Waals surface area contributed by atoms with E-state index in [1.807, 2.05) is 37.3 Å². The lowest BCUT2D eigenvalue weighted by molar-refractivity contribution is -0.129. The van der Waals surface area contributed by atoms with E-state index in [2.05, 4.69) is 4.99 Å². The van der Waals surface area contributed by atoms with Crippen LogP contribution in [0.15, 0.2) is 82.0 Å². The fraction of sp³-hybridized carbons (Fsp3) is 0.0870. The number of ether oxygens (including phenoxy) is 3. The summed E-state index contributed by atoms with van der Waals surface area (Å²) in [5, 5.41) is 0. The highest BCUT2D eigenvalue weighted by Crippen LogP contribution is 2.31. The van der Waals surface area contributed by atoms with Gasteiger partial charge in [-0.05, 0) is 55.0 Å². The predicted molar refractivity (Wildman–Crippen MR) is 108 cm³/mol. The molecular weight excluding hydrogens is 386 g/mol. The van der Waals surface area contributed by atoms with Crippen LogP contribution in [0.2, 0.25) is 0 Å². The number of cyclic esters (lactones) is 1. The lowest BCUT2D eigenvalue weighted by atomic mass is 10.1. The Labute approximate surface area is 172 Å². The van der Waals surface area contributed by atoms with Gasteiger partial charge in [0.1, 0.15) is 0 Å². The maximum absolute atomic E-state index is 12.2. The third-order valence-corrected chi connectivity index (χ3v) is 4.14. The molecule has 0 saturated carbocycles. The van der Waals surface area contributed by atoms with Gasteiger partial charge in [-0.25, -0.2) is 14.6 Å². The topological polar surface area (TPSA) is 87.3 Å². The molecule has 4 rings (SSSR count). The first-order valence-electron chi connectivity index (χ1n) is 9.24. The number of hydrogen-bond acceptors (Lipinski definition) is 7. The van der Waals surface area contributed by atoms with E-state index in [-0.39, 0.29) is 23.1 Å². The Morgan fingerprint density at radius 1 is 1.07 bits per heavy atom. The summed E-state index contributed by atoms with van der Waals surface area (Å²) >= 11 is 0. The van der Waals surface area contributed by atoms with Gasteiger partial charge in [-0.2, -0.15) is 0 Å². The van der Waals surface area contributed by atoms with E-state index in [1.54, 1.807) is 30.3 Å². The van der Waals surface area contributed by atoms with Crippen LogP contribution in [0.1, 0.15) is 28.6 Å². The molecule has 2 heterocycles. The monoisotopic (exact) mass is 403 g/mol. The van der Waals surface area contributed by atoms with E-state index >= 15 is 0 Å². The molecule has 1 aliphatic rings. The third kappa shape index (κ3) is 4.15. The number of rotatable bonds is 6. The first-order chi connectivity index (χ1) is 14.6. The van der Waals surface area contributed by atoms with Crippen molar-refractivity contribution in [3.05, 3.63) is 89.5 Å². The minimum absolute atomic E-state index is 0.0834. The Morgan fingerprint density at radius 2 is 1.90 bits per heavy atom. The highest BCUT2D eigenvalue weighted by molar-refractivity contribution is 6.12. The first-order valence-corrected chi connectivity index (χ1v) is 9.24. The molecule has 30 heavy (non-hydrogen) atoms. The molecule has 3 aromatic rings. The average Bonchev–Trinajstić information content (AvgIpc) is 3.41. The number of nitrogens with zero attached hydrogens (tertiary/aromatic N) is 1. The van der Waals surface area contributed by atoms with Crippen molar-refractivity contribution in [1.82, 2.24) is 0 Å². The fourth-order valence-electron chi connectivity index (χ4n) is 2.78. The van der Waals surface area contributed by atoms with Gasteiger partial charge in [0.2, 0.25) is 11.7 Å². The van der Waals surface area contributed by atoms with Crippen molar-refractivity contribution >= 4 is 23.9 Å². The molecular formula is C23H17NO6. The Hall–Kier alpha value is -4.13. The molecule has 0 amide bonds. The Kier molecular flexibility index (Phi) is 5.43. The standard InChI is InChI=1S/C23H17NO6/c1-2-27-20-14-15(10-11-18(20)29-23(26)19-9-6-12-28-19)13-17-22(25)30-21(24-17)16-7-4-3-5-8-16/h3-14H,2H2,1H3/b17-13+. The van der Waals surface area contributed by atoms with Crippen LogP contribution >= 0.6 is 0 Å². The van der Waals surface area contributed by atoms with Crippen LogP contribution in [-0.4, -0.2) is 24.4 Å². The summed E-state index contributed by atoms with van der Waals surface area (Å²) in [6.07, 6.45) is 2.97. The van der Waals surface area contributed by atoms with Gasteiger partial charge in [0.05, 0.1) is 12.9 Å². The van der Waals surface area contributed by atoms with Crippen molar-refractivity contribution in [3.8, 4) is 11.5 Å². The smallest absolute Gasteiger partial charge is 0.379 e. The van der Waals surface area contributed by atoms with Gasteiger partial charge in [-0.15, -0.1) is 0 Å². The molecule has 2 aromatic carbocycles. The minimum Gasteiger partial charge on any atom is -0.490 e. The SMILES string of the molecule is CCOc1cc(/C=C2/N=C(c3ccccc3)OC2=O)ccc1OC(=O)c1ccco1. The molecule has 0 aliphatic carbocycles. The van der Waals surface area contributed by atoms with Gasteiger partial charge in [-0.1, -0.05) is 24.3 Å². The zero-order valence-corrected chi connectivity index (χ0v) is 16.0. The van der Waals surface area contributed by atoms with Crippen LogP contribution in [0, 0.1) is 0 Å². The molecule has 0 saturated heterocycles. The van der Waals surface area contributed by atoms with Gasteiger partial charge in [-0.3, -0.25) is 0 Å². The van der Waals surface area contributed by atoms with Crippen LogP contribution < -0.4 is 9.47 Å². The van der Waals surface area contributed by atoms with E-state index in [9.17, 15) is 9.59 Å². The van der Waals surface area contributed by atoms with Crippen LogP contribution in [0.25, 0.3) is 6.08 Å². The molecule has 0 radical (unpaired) electrons. The molecule has 0 unspecified atom stereocenters. The van der Waals surface area contributed by atoms with Crippen LogP contribution in [-0.2, 0) is 9.53 Å². The summed E-state index contributed by atoms with van der Waals surface area (Å²) in [7, 11) is 0. The second-order valence-corrected chi connectivity index (χ2v) is 6.21. The molecule has 150 valence electrons. The fourth-order valence-corrected chi connectivity index (χ4v) is 2.78. The number of hydrogen-bond donors (Lipinski definition) is 0. The van der Waals surface area contributed by atoms with Crippen molar-refractivity contribution in [2.24, 2.45) is 4.99 Å². The average molecular weight is 403 g/mol. The Bertz CT molecular complexity index is 1130. The first kappa shape index (κ1) is 19.2. The van der Waals surface area contributed by atoms with Crippen molar-refractivity contribution < 1.29 is 28.2 Å². The molecule has 0 atom stereocenters. The van der Waals surface area contributed by atoms with Crippen molar-refractivity contribution in [2.75, 3.05) is 6.61 Å². The molecule has 0 N–H and O–H groups in total. The molecule has 1 aliphatic heterocycles. The highest BCUT2D eigenvalue weighted by Gasteiger charge is 2.24. The van der Waals surface area contributed by atoms with E-state index < -0.39 is 11.9 Å². The third-order valence-electron chi connectivity index (χ3n) is 4.14. The lowest BCUT2D eigenvalue weighted by Gasteiger charge is -2.10. The normalized spacial score (nSPS) is 14.4. The minimum atomic E-state index is -0.636. The van der Waals surface area contributed by atoms with Crippen molar-refractivity contribution in [1.29, 1.82) is 0 Å². The van der Waals surface area contributed by atoms with E-state index in [4.69, 9.17) is 18.6 Å². The summed E-state index contributed by atoms with van der Waals surface area (Å²) in [5.74, 6) is -0.252. The molecule has 0 spiro atoms. The quantitative estimate of drug-likeness (QED) is 0.348.